The second kappa shape index (κ2) is 13.3. The van der Waals surface area contributed by atoms with E-state index < -0.39 is 0 Å². The molecule has 0 bridgehead atoms. The van der Waals surface area contributed by atoms with Crippen molar-refractivity contribution in [2.45, 2.75) is 0 Å². The average Bonchev–Trinajstić information content (AvgIpc) is 3.85. The molecule has 0 radical (unpaired) electrons. The molecule has 4 nitrogen and oxygen atoms in total. The van der Waals surface area contributed by atoms with E-state index in [1.54, 1.807) is 0 Å². The zero-order valence-electron chi connectivity index (χ0n) is 30.1. The maximum Gasteiger partial charge on any atom is 0.167 e. The van der Waals surface area contributed by atoms with Gasteiger partial charge >= 0.3 is 0 Å². The van der Waals surface area contributed by atoms with E-state index in [4.69, 9.17) is 19.4 Å². The Morgan fingerprint density at radius 2 is 0.893 bits per heavy atom. The van der Waals surface area contributed by atoms with Gasteiger partial charge in [0.1, 0.15) is 11.2 Å². The second-order valence-corrected chi connectivity index (χ2v) is 15.1. The molecule has 11 aromatic rings. The molecule has 0 atom stereocenters. The van der Waals surface area contributed by atoms with Crippen molar-refractivity contribution in [3.8, 4) is 67.5 Å². The van der Waals surface area contributed by atoms with E-state index in [0.717, 1.165) is 55.3 Å². The van der Waals surface area contributed by atoms with Crippen molar-refractivity contribution in [2.24, 2.45) is 0 Å². The maximum absolute atomic E-state index is 6.65. The zero-order valence-corrected chi connectivity index (χ0v) is 30.9. The van der Waals surface area contributed by atoms with Crippen LogP contribution in [0.1, 0.15) is 0 Å². The normalized spacial score (nSPS) is 11.6. The minimum Gasteiger partial charge on any atom is -0.455 e. The van der Waals surface area contributed by atoms with Crippen LogP contribution in [0.2, 0.25) is 0 Å². The number of benzene rings is 8. The van der Waals surface area contributed by atoms with Crippen LogP contribution in [0.3, 0.4) is 0 Å². The molecule has 0 fully saturated rings. The van der Waals surface area contributed by atoms with Crippen molar-refractivity contribution in [1.82, 2.24) is 15.0 Å². The number of fused-ring (bicyclic) bond motifs is 6. The van der Waals surface area contributed by atoms with Crippen molar-refractivity contribution in [3.05, 3.63) is 188 Å². The first kappa shape index (κ1) is 32.2. The van der Waals surface area contributed by atoms with Gasteiger partial charge in [0.25, 0.3) is 0 Å². The number of hydrogen-bond acceptors (Lipinski definition) is 5. The van der Waals surface area contributed by atoms with Gasteiger partial charge in [-0.2, -0.15) is 0 Å². The molecule has 0 unspecified atom stereocenters. The zero-order chi connectivity index (χ0) is 37.0. The highest BCUT2D eigenvalue weighted by molar-refractivity contribution is 7.26. The van der Waals surface area contributed by atoms with Gasteiger partial charge in [-0.3, -0.25) is 0 Å². The van der Waals surface area contributed by atoms with Crippen molar-refractivity contribution >= 4 is 53.4 Å². The Kier molecular flexibility index (Phi) is 7.64. The summed E-state index contributed by atoms with van der Waals surface area (Å²) in [6.45, 7) is 0. The lowest BCUT2D eigenvalue weighted by atomic mass is 9.97. The highest BCUT2D eigenvalue weighted by Crippen LogP contribution is 2.43. The summed E-state index contributed by atoms with van der Waals surface area (Å²) in [7, 11) is 0. The standard InChI is InChI=1S/C51H31N3OS/c1-4-12-32(13-5-1)33-22-24-36(25-23-33)50-52-49(35-16-8-3-9-17-35)53-51(54-50)42-20-10-19-40-43-30-37(27-29-44(43)55-48(40)42)38-26-28-41-46(31-38)56-45-21-11-18-39(47(41)45)34-14-6-2-7-15-34/h1-31H. The van der Waals surface area contributed by atoms with Gasteiger partial charge in [-0.05, 0) is 63.7 Å². The first-order chi connectivity index (χ1) is 27.7. The van der Waals surface area contributed by atoms with Crippen molar-refractivity contribution in [2.75, 3.05) is 0 Å². The van der Waals surface area contributed by atoms with Gasteiger partial charge in [0.05, 0.1) is 5.56 Å². The van der Waals surface area contributed by atoms with Crippen molar-refractivity contribution in [3.63, 3.8) is 0 Å². The third kappa shape index (κ3) is 5.56. The van der Waals surface area contributed by atoms with Crippen molar-refractivity contribution in [1.29, 1.82) is 0 Å². The predicted octanol–water partition coefficient (Wildman–Crippen LogP) is 14.1. The molecular weight excluding hydrogens is 703 g/mol. The summed E-state index contributed by atoms with van der Waals surface area (Å²) in [5, 5.41) is 4.67. The van der Waals surface area contributed by atoms with Gasteiger partial charge in [-0.1, -0.05) is 158 Å². The summed E-state index contributed by atoms with van der Waals surface area (Å²) in [6, 6.07) is 65.7. The van der Waals surface area contributed by atoms with Gasteiger partial charge < -0.3 is 4.42 Å². The molecule has 262 valence electrons. The number of nitrogens with zero attached hydrogens (tertiary/aromatic N) is 3. The van der Waals surface area contributed by atoms with Gasteiger partial charge in [0.15, 0.2) is 17.5 Å². The topological polar surface area (TPSA) is 51.8 Å². The fourth-order valence-electron chi connectivity index (χ4n) is 7.80. The molecule has 0 spiro atoms. The molecule has 0 saturated carbocycles. The first-order valence-corrected chi connectivity index (χ1v) is 19.5. The lowest BCUT2D eigenvalue weighted by Crippen LogP contribution is -2.00. The molecule has 0 aliphatic rings. The fourth-order valence-corrected chi connectivity index (χ4v) is 8.97. The summed E-state index contributed by atoms with van der Waals surface area (Å²) in [6.07, 6.45) is 0. The van der Waals surface area contributed by atoms with E-state index in [9.17, 15) is 0 Å². The number of furan rings is 1. The Morgan fingerprint density at radius 1 is 0.339 bits per heavy atom. The maximum atomic E-state index is 6.65. The molecule has 3 aromatic heterocycles. The SMILES string of the molecule is c1ccc(-c2ccc(-c3nc(-c4ccccc4)nc(-c4cccc5c4oc4ccc(-c6ccc7c(c6)sc6cccc(-c8ccccc8)c67)cc45)n3)cc2)cc1. The third-order valence-electron chi connectivity index (χ3n) is 10.6. The largest absolute Gasteiger partial charge is 0.455 e. The average molecular weight is 734 g/mol. The molecule has 0 aliphatic heterocycles. The minimum atomic E-state index is 0.566. The Morgan fingerprint density at radius 3 is 1.64 bits per heavy atom. The number of para-hydroxylation sites is 1. The van der Waals surface area contributed by atoms with Crippen LogP contribution in [0.25, 0.3) is 110 Å². The van der Waals surface area contributed by atoms with Crippen LogP contribution in [0.5, 0.6) is 0 Å². The van der Waals surface area contributed by atoms with Gasteiger partial charge in [-0.25, -0.2) is 15.0 Å². The molecule has 3 heterocycles. The predicted molar refractivity (Wildman–Crippen MR) is 233 cm³/mol. The van der Waals surface area contributed by atoms with Crippen LogP contribution in [0.15, 0.2) is 192 Å². The van der Waals surface area contributed by atoms with Crippen molar-refractivity contribution < 1.29 is 4.42 Å². The lowest BCUT2D eigenvalue weighted by molar-refractivity contribution is 0.669. The van der Waals surface area contributed by atoms with E-state index >= 15 is 0 Å². The number of thiophene rings is 1. The quantitative estimate of drug-likeness (QED) is 0.171. The van der Waals surface area contributed by atoms with Gasteiger partial charge in [0.2, 0.25) is 0 Å². The molecule has 5 heteroatoms. The summed E-state index contributed by atoms with van der Waals surface area (Å²) in [4.78, 5) is 15.1. The second-order valence-electron chi connectivity index (χ2n) is 14.0. The van der Waals surface area contributed by atoms with Crippen LogP contribution in [0, 0.1) is 0 Å². The molecule has 0 amide bonds. The molecule has 11 rings (SSSR count). The van der Waals surface area contributed by atoms with E-state index in [1.165, 1.54) is 36.9 Å². The Bertz CT molecular complexity index is 3230. The fraction of sp³-hybridized carbons (Fsp3) is 0. The lowest BCUT2D eigenvalue weighted by Gasteiger charge is -2.09. The smallest absolute Gasteiger partial charge is 0.167 e. The van der Waals surface area contributed by atoms with Crippen LogP contribution in [-0.2, 0) is 0 Å². The highest BCUT2D eigenvalue weighted by Gasteiger charge is 2.19. The van der Waals surface area contributed by atoms with Crippen LogP contribution >= 0.6 is 11.3 Å². The minimum absolute atomic E-state index is 0.566. The summed E-state index contributed by atoms with van der Waals surface area (Å²) in [5.74, 6) is 1.79. The molecular formula is C51H31N3OS. The highest BCUT2D eigenvalue weighted by atomic mass is 32.1. The monoisotopic (exact) mass is 733 g/mol. The first-order valence-electron chi connectivity index (χ1n) is 18.7. The van der Waals surface area contributed by atoms with Gasteiger partial charge in [0, 0.05) is 42.1 Å². The van der Waals surface area contributed by atoms with Crippen LogP contribution < -0.4 is 0 Å². The molecule has 8 aromatic carbocycles. The third-order valence-corrected chi connectivity index (χ3v) is 11.7. The van der Waals surface area contributed by atoms with Crippen LogP contribution in [0.4, 0.5) is 0 Å². The Balaban J connectivity index is 1.01. The molecule has 56 heavy (non-hydrogen) atoms. The number of hydrogen-bond donors (Lipinski definition) is 0. The van der Waals surface area contributed by atoms with Crippen LogP contribution in [-0.4, -0.2) is 15.0 Å². The Hall–Kier alpha value is -7.21. The van der Waals surface area contributed by atoms with Gasteiger partial charge in [-0.15, -0.1) is 11.3 Å². The number of aromatic nitrogens is 3. The van der Waals surface area contributed by atoms with E-state index in [2.05, 4.69) is 146 Å². The summed E-state index contributed by atoms with van der Waals surface area (Å²) in [5.41, 5.74) is 11.4. The van der Waals surface area contributed by atoms with E-state index in [1.807, 2.05) is 53.8 Å². The summed E-state index contributed by atoms with van der Waals surface area (Å²) >= 11 is 1.85. The van der Waals surface area contributed by atoms with E-state index in [-0.39, 0.29) is 0 Å². The molecule has 0 aliphatic carbocycles. The molecule has 0 saturated heterocycles. The Labute approximate surface area is 327 Å². The summed E-state index contributed by atoms with van der Waals surface area (Å²) < 4.78 is 9.22. The molecule has 0 N–H and O–H groups in total. The number of rotatable bonds is 6. The van der Waals surface area contributed by atoms with E-state index in [0.29, 0.717) is 17.5 Å².